The van der Waals surface area contributed by atoms with E-state index in [9.17, 15) is 0 Å². The maximum Gasteiger partial charge on any atom is -0.0162 e. The van der Waals surface area contributed by atoms with Gasteiger partial charge in [-0.05, 0) is 59.2 Å². The first kappa shape index (κ1) is 14.5. The van der Waals surface area contributed by atoms with Crippen LogP contribution in [0.5, 0.6) is 0 Å². The van der Waals surface area contributed by atoms with Crippen LogP contribution in [0, 0.1) is 6.92 Å². The van der Waals surface area contributed by atoms with Crippen LogP contribution >= 0.6 is 0 Å². The molecule has 0 aromatic heterocycles. The van der Waals surface area contributed by atoms with Gasteiger partial charge in [-0.3, -0.25) is 0 Å². The van der Waals surface area contributed by atoms with Crippen LogP contribution < -0.4 is 0 Å². The second-order valence-electron chi connectivity index (χ2n) is 7.02. The highest BCUT2D eigenvalue weighted by Crippen LogP contribution is 2.34. The van der Waals surface area contributed by atoms with Gasteiger partial charge < -0.3 is 0 Å². The molecular formula is C23H24. The summed E-state index contributed by atoms with van der Waals surface area (Å²) in [6.07, 6.45) is 6.95. The van der Waals surface area contributed by atoms with E-state index in [2.05, 4.69) is 67.6 Å². The van der Waals surface area contributed by atoms with Gasteiger partial charge in [-0.25, -0.2) is 0 Å². The molecule has 116 valence electrons. The van der Waals surface area contributed by atoms with Crippen molar-refractivity contribution in [3.8, 4) is 11.1 Å². The Labute approximate surface area is 139 Å². The molecule has 3 aromatic carbocycles. The molecule has 1 aliphatic carbocycles. The first-order chi connectivity index (χ1) is 11.3. The lowest BCUT2D eigenvalue weighted by Gasteiger charge is -2.22. The molecule has 1 aliphatic rings. The van der Waals surface area contributed by atoms with Crippen LogP contribution in [0.1, 0.15) is 49.1 Å². The van der Waals surface area contributed by atoms with Gasteiger partial charge in [-0.1, -0.05) is 79.4 Å². The highest BCUT2D eigenvalue weighted by Gasteiger charge is 2.15. The summed E-state index contributed by atoms with van der Waals surface area (Å²) >= 11 is 0. The zero-order chi connectivity index (χ0) is 15.6. The molecule has 0 spiro atoms. The fourth-order valence-electron chi connectivity index (χ4n) is 3.88. The van der Waals surface area contributed by atoms with Crippen LogP contribution in [0.15, 0.2) is 60.7 Å². The third-order valence-electron chi connectivity index (χ3n) is 5.33. The Morgan fingerprint density at radius 2 is 1.30 bits per heavy atom. The second kappa shape index (κ2) is 6.20. The summed E-state index contributed by atoms with van der Waals surface area (Å²) in [4.78, 5) is 0. The zero-order valence-corrected chi connectivity index (χ0v) is 13.9. The van der Waals surface area contributed by atoms with Crippen molar-refractivity contribution >= 4 is 10.8 Å². The van der Waals surface area contributed by atoms with Crippen LogP contribution in [0.3, 0.4) is 0 Å². The maximum absolute atomic E-state index is 2.42. The average Bonchev–Trinajstić information content (AvgIpc) is 2.62. The molecule has 0 heterocycles. The van der Waals surface area contributed by atoms with E-state index in [4.69, 9.17) is 0 Å². The molecule has 3 aromatic rings. The molecule has 0 heteroatoms. The highest BCUT2D eigenvalue weighted by molar-refractivity contribution is 5.88. The molecule has 1 saturated carbocycles. The van der Waals surface area contributed by atoms with Crippen molar-refractivity contribution in [1.29, 1.82) is 0 Å². The van der Waals surface area contributed by atoms with Crippen LogP contribution in [0.2, 0.25) is 0 Å². The SMILES string of the molecule is Cc1ccc(-c2ccc3cc(C4CCCCC4)ccc3c2)cc1. The summed E-state index contributed by atoms with van der Waals surface area (Å²) in [6.45, 7) is 2.14. The molecule has 0 atom stereocenters. The lowest BCUT2D eigenvalue weighted by atomic mass is 9.83. The summed E-state index contributed by atoms with van der Waals surface area (Å²) in [6, 6.07) is 22.8. The number of benzene rings is 3. The van der Waals surface area contributed by atoms with Gasteiger partial charge in [-0.2, -0.15) is 0 Å². The molecule has 0 aliphatic heterocycles. The minimum atomic E-state index is 0.782. The third-order valence-corrected chi connectivity index (χ3v) is 5.33. The molecule has 23 heavy (non-hydrogen) atoms. The smallest absolute Gasteiger partial charge is 0.0162 e. The molecule has 0 amide bonds. The normalized spacial score (nSPS) is 15.9. The van der Waals surface area contributed by atoms with E-state index in [-0.39, 0.29) is 0 Å². The molecular weight excluding hydrogens is 276 g/mol. The average molecular weight is 300 g/mol. The van der Waals surface area contributed by atoms with E-state index in [0.717, 1.165) is 5.92 Å². The standard InChI is InChI=1S/C23H24/c1-17-7-9-19(10-8-17)21-12-14-22-15-20(11-13-23(22)16-21)18-5-3-2-4-6-18/h7-16,18H,2-6H2,1H3. The van der Waals surface area contributed by atoms with Gasteiger partial charge in [0.15, 0.2) is 0 Å². The van der Waals surface area contributed by atoms with Gasteiger partial charge in [0.1, 0.15) is 0 Å². The van der Waals surface area contributed by atoms with E-state index in [1.807, 2.05) is 0 Å². The van der Waals surface area contributed by atoms with Crippen molar-refractivity contribution in [2.45, 2.75) is 44.9 Å². The summed E-state index contributed by atoms with van der Waals surface area (Å²) in [5.74, 6) is 0.782. The molecule has 0 nitrogen and oxygen atoms in total. The van der Waals surface area contributed by atoms with Gasteiger partial charge in [0, 0.05) is 0 Å². The lowest BCUT2D eigenvalue weighted by Crippen LogP contribution is -2.04. The first-order valence-corrected chi connectivity index (χ1v) is 8.90. The minimum Gasteiger partial charge on any atom is -0.0587 e. The van der Waals surface area contributed by atoms with Gasteiger partial charge in [-0.15, -0.1) is 0 Å². The molecule has 0 saturated heterocycles. The fourth-order valence-corrected chi connectivity index (χ4v) is 3.88. The quantitative estimate of drug-likeness (QED) is 0.485. The Hall–Kier alpha value is -2.08. The molecule has 0 bridgehead atoms. The van der Waals surface area contributed by atoms with E-state index in [1.54, 1.807) is 5.56 Å². The van der Waals surface area contributed by atoms with Crippen molar-refractivity contribution in [2.75, 3.05) is 0 Å². The molecule has 0 N–H and O–H groups in total. The molecule has 0 radical (unpaired) electrons. The number of fused-ring (bicyclic) bond motifs is 1. The highest BCUT2D eigenvalue weighted by atomic mass is 14.2. The summed E-state index contributed by atoms with van der Waals surface area (Å²) in [5.41, 5.74) is 5.46. The predicted octanol–water partition coefficient (Wildman–Crippen LogP) is 6.86. The number of hydrogen-bond acceptors (Lipinski definition) is 0. The Bertz CT molecular complexity index is 805. The summed E-state index contributed by atoms with van der Waals surface area (Å²) in [7, 11) is 0. The largest absolute Gasteiger partial charge is 0.0587 e. The minimum absolute atomic E-state index is 0.782. The van der Waals surface area contributed by atoms with Crippen molar-refractivity contribution in [3.63, 3.8) is 0 Å². The number of hydrogen-bond donors (Lipinski definition) is 0. The third kappa shape index (κ3) is 3.03. The van der Waals surface area contributed by atoms with E-state index < -0.39 is 0 Å². The zero-order valence-electron chi connectivity index (χ0n) is 13.9. The van der Waals surface area contributed by atoms with Crippen molar-refractivity contribution in [2.24, 2.45) is 0 Å². The van der Waals surface area contributed by atoms with Crippen molar-refractivity contribution < 1.29 is 0 Å². The van der Waals surface area contributed by atoms with E-state index in [0.29, 0.717) is 0 Å². The fraction of sp³-hybridized carbons (Fsp3) is 0.304. The number of aryl methyl sites for hydroxylation is 1. The van der Waals surface area contributed by atoms with Crippen molar-refractivity contribution in [1.82, 2.24) is 0 Å². The van der Waals surface area contributed by atoms with Crippen LogP contribution in [-0.4, -0.2) is 0 Å². The molecule has 4 rings (SSSR count). The van der Waals surface area contributed by atoms with Crippen LogP contribution in [-0.2, 0) is 0 Å². The summed E-state index contributed by atoms with van der Waals surface area (Å²) < 4.78 is 0. The lowest BCUT2D eigenvalue weighted by molar-refractivity contribution is 0.444. The topological polar surface area (TPSA) is 0 Å². The van der Waals surface area contributed by atoms with Crippen LogP contribution in [0.4, 0.5) is 0 Å². The Morgan fingerprint density at radius 3 is 2.09 bits per heavy atom. The predicted molar refractivity (Wildman–Crippen MR) is 99.9 cm³/mol. The Morgan fingerprint density at radius 1 is 0.652 bits per heavy atom. The first-order valence-electron chi connectivity index (χ1n) is 8.90. The number of rotatable bonds is 2. The van der Waals surface area contributed by atoms with Crippen molar-refractivity contribution in [3.05, 3.63) is 71.8 Å². The monoisotopic (exact) mass is 300 g/mol. The summed E-state index contributed by atoms with van der Waals surface area (Å²) in [5, 5.41) is 2.73. The van der Waals surface area contributed by atoms with E-state index >= 15 is 0 Å². The Balaban J connectivity index is 1.68. The van der Waals surface area contributed by atoms with Gasteiger partial charge in [0.25, 0.3) is 0 Å². The van der Waals surface area contributed by atoms with E-state index in [1.165, 1.54) is 59.6 Å². The Kier molecular flexibility index (Phi) is 3.91. The van der Waals surface area contributed by atoms with Gasteiger partial charge >= 0.3 is 0 Å². The second-order valence-corrected chi connectivity index (χ2v) is 7.02. The molecule has 1 fully saturated rings. The van der Waals surface area contributed by atoms with Gasteiger partial charge in [0.2, 0.25) is 0 Å². The van der Waals surface area contributed by atoms with Crippen LogP contribution in [0.25, 0.3) is 21.9 Å². The van der Waals surface area contributed by atoms with Gasteiger partial charge in [0.05, 0.1) is 0 Å². The maximum atomic E-state index is 2.42. The molecule has 0 unspecified atom stereocenters.